The minimum Gasteiger partial charge on any atom is -0.497 e. The van der Waals surface area contributed by atoms with Crippen molar-refractivity contribution in [2.75, 3.05) is 13.7 Å². The van der Waals surface area contributed by atoms with Crippen LogP contribution in [0.15, 0.2) is 72.9 Å². The van der Waals surface area contributed by atoms with E-state index in [9.17, 15) is 14.4 Å². The molecule has 4 amide bonds. The maximum Gasteiger partial charge on any atom is 0.322 e. The smallest absolute Gasteiger partial charge is 0.322 e. The second-order valence-electron chi connectivity index (χ2n) is 8.82. The third-order valence-electron chi connectivity index (χ3n) is 6.69. The molecule has 2 aliphatic heterocycles. The molecule has 36 heavy (non-hydrogen) atoms. The molecule has 0 spiro atoms. The number of ether oxygens (including phenoxy) is 1. The van der Waals surface area contributed by atoms with Crippen LogP contribution < -0.4 is 15.4 Å². The number of nitrogens with one attached hydrogen (secondary N) is 2. The average Bonchev–Trinajstić information content (AvgIpc) is 3.38. The molecule has 9 heteroatoms. The van der Waals surface area contributed by atoms with E-state index in [4.69, 9.17) is 4.74 Å². The molecule has 1 saturated heterocycles. The molecule has 2 aliphatic rings. The third kappa shape index (κ3) is 3.44. The Morgan fingerprint density at radius 2 is 1.78 bits per heavy atom. The Balaban J connectivity index is 1.33. The van der Waals surface area contributed by atoms with E-state index in [1.807, 2.05) is 42.5 Å². The van der Waals surface area contributed by atoms with Gasteiger partial charge in [-0.05, 0) is 35.4 Å². The number of nitrogens with zero attached hydrogens (tertiary/aromatic N) is 3. The molecule has 3 heterocycles. The molecule has 6 rings (SSSR count). The van der Waals surface area contributed by atoms with E-state index in [1.54, 1.807) is 42.5 Å². The lowest BCUT2D eigenvalue weighted by Gasteiger charge is -2.31. The third-order valence-corrected chi connectivity index (χ3v) is 6.69. The lowest BCUT2D eigenvalue weighted by atomic mass is 9.88. The molecule has 0 aliphatic carbocycles. The van der Waals surface area contributed by atoms with Crippen molar-refractivity contribution in [3.8, 4) is 17.0 Å². The van der Waals surface area contributed by atoms with Gasteiger partial charge in [-0.15, -0.1) is 0 Å². The van der Waals surface area contributed by atoms with Crippen LogP contribution in [0.3, 0.4) is 0 Å². The number of rotatable bonds is 5. The van der Waals surface area contributed by atoms with Gasteiger partial charge in [-0.1, -0.05) is 42.5 Å². The Morgan fingerprint density at radius 1 is 1.00 bits per heavy atom. The fraction of sp³-hybridized carbons (Fsp3) is 0.148. The number of hydrogen-bond acceptors (Lipinski definition) is 6. The Morgan fingerprint density at radius 3 is 2.50 bits per heavy atom. The molecule has 2 N–H and O–H groups in total. The second-order valence-corrected chi connectivity index (χ2v) is 8.82. The monoisotopic (exact) mass is 479 g/mol. The molecular formula is C27H21N5O4. The summed E-state index contributed by atoms with van der Waals surface area (Å²) in [5.74, 6) is -0.148. The quantitative estimate of drug-likeness (QED) is 0.426. The van der Waals surface area contributed by atoms with E-state index >= 15 is 0 Å². The summed E-state index contributed by atoms with van der Waals surface area (Å²) < 4.78 is 5.25. The maximum absolute atomic E-state index is 13.2. The van der Waals surface area contributed by atoms with E-state index in [1.165, 1.54) is 0 Å². The van der Waals surface area contributed by atoms with Crippen molar-refractivity contribution >= 4 is 28.9 Å². The first kappa shape index (κ1) is 21.7. The molecule has 1 unspecified atom stereocenters. The molecule has 0 bridgehead atoms. The lowest BCUT2D eigenvalue weighted by Crippen LogP contribution is -2.52. The zero-order valence-electron chi connectivity index (χ0n) is 19.3. The summed E-state index contributed by atoms with van der Waals surface area (Å²) in [6.07, 6.45) is 1.70. The van der Waals surface area contributed by atoms with Gasteiger partial charge in [0, 0.05) is 17.7 Å². The Kier molecular flexibility index (Phi) is 4.92. The highest BCUT2D eigenvalue weighted by molar-refractivity contribution is 6.08. The van der Waals surface area contributed by atoms with Gasteiger partial charge in [-0.3, -0.25) is 19.9 Å². The molecule has 9 nitrogen and oxygen atoms in total. The van der Waals surface area contributed by atoms with Gasteiger partial charge in [-0.2, -0.15) is 0 Å². The number of fused-ring (bicyclic) bond motifs is 2. The van der Waals surface area contributed by atoms with Crippen molar-refractivity contribution in [3.63, 3.8) is 0 Å². The normalized spacial score (nSPS) is 18.8. The first-order valence-electron chi connectivity index (χ1n) is 11.4. The van der Waals surface area contributed by atoms with Gasteiger partial charge in [0.1, 0.15) is 5.75 Å². The predicted octanol–water partition coefficient (Wildman–Crippen LogP) is 3.00. The summed E-state index contributed by atoms with van der Waals surface area (Å²) in [5, 5.41) is 5.10. The molecule has 4 aromatic rings. The zero-order valence-corrected chi connectivity index (χ0v) is 19.3. The van der Waals surface area contributed by atoms with Crippen LogP contribution in [0.25, 0.3) is 22.3 Å². The van der Waals surface area contributed by atoms with Gasteiger partial charge >= 0.3 is 6.03 Å². The first-order valence-corrected chi connectivity index (χ1v) is 11.4. The fourth-order valence-corrected chi connectivity index (χ4v) is 4.80. The average molecular weight is 479 g/mol. The number of aromatic nitrogens is 2. The van der Waals surface area contributed by atoms with E-state index in [0.717, 1.165) is 22.2 Å². The fourth-order valence-electron chi connectivity index (χ4n) is 4.80. The van der Waals surface area contributed by atoms with Crippen molar-refractivity contribution < 1.29 is 19.1 Å². The van der Waals surface area contributed by atoms with Crippen LogP contribution in [0.1, 0.15) is 21.5 Å². The molecule has 3 aromatic carbocycles. The molecule has 0 saturated carbocycles. The topological polar surface area (TPSA) is 114 Å². The number of imide groups is 1. The van der Waals surface area contributed by atoms with Crippen LogP contribution in [0.4, 0.5) is 4.79 Å². The number of hydrogen-bond donors (Lipinski definition) is 2. The number of carbonyl (C=O) groups excluding carboxylic acids is 3. The van der Waals surface area contributed by atoms with Crippen LogP contribution >= 0.6 is 0 Å². The Bertz CT molecular complexity index is 1550. The van der Waals surface area contributed by atoms with Crippen LogP contribution in [0.2, 0.25) is 0 Å². The van der Waals surface area contributed by atoms with Gasteiger partial charge in [0.2, 0.25) is 0 Å². The summed E-state index contributed by atoms with van der Waals surface area (Å²) in [4.78, 5) is 49.2. The van der Waals surface area contributed by atoms with Gasteiger partial charge in [0.25, 0.3) is 11.8 Å². The Hall–Kier alpha value is -4.79. The van der Waals surface area contributed by atoms with E-state index < -0.39 is 17.5 Å². The van der Waals surface area contributed by atoms with Crippen molar-refractivity contribution in [1.82, 2.24) is 25.5 Å². The first-order chi connectivity index (χ1) is 17.5. The summed E-state index contributed by atoms with van der Waals surface area (Å²) in [5.41, 5.74) is 3.58. The maximum atomic E-state index is 13.2. The largest absolute Gasteiger partial charge is 0.497 e. The van der Waals surface area contributed by atoms with Crippen LogP contribution in [-0.4, -0.2) is 46.4 Å². The highest BCUT2D eigenvalue weighted by Crippen LogP contribution is 2.33. The van der Waals surface area contributed by atoms with Gasteiger partial charge in [0.05, 0.1) is 36.6 Å². The number of amides is 4. The summed E-state index contributed by atoms with van der Waals surface area (Å²) in [6.45, 7) is 0.309. The second kappa shape index (κ2) is 8.16. The summed E-state index contributed by atoms with van der Waals surface area (Å²) in [6, 6.07) is 19.5. The van der Waals surface area contributed by atoms with E-state index in [-0.39, 0.29) is 12.5 Å². The van der Waals surface area contributed by atoms with Crippen LogP contribution in [0.5, 0.6) is 5.75 Å². The molecule has 0 radical (unpaired) electrons. The molecule has 1 fully saturated rings. The Labute approximate surface area is 206 Å². The molecule has 178 valence electrons. The summed E-state index contributed by atoms with van der Waals surface area (Å²) in [7, 11) is 1.54. The predicted molar refractivity (Wildman–Crippen MR) is 131 cm³/mol. The van der Waals surface area contributed by atoms with Crippen LogP contribution in [-0.2, 0) is 16.9 Å². The molecular weight excluding hydrogens is 458 g/mol. The van der Waals surface area contributed by atoms with Crippen molar-refractivity contribution in [2.45, 2.75) is 12.1 Å². The minimum absolute atomic E-state index is 0.0183. The lowest BCUT2D eigenvalue weighted by molar-refractivity contribution is -0.124. The van der Waals surface area contributed by atoms with Gasteiger partial charge in [-0.25, -0.2) is 9.78 Å². The number of carbonyl (C=O) groups is 3. The molecule has 1 atom stereocenters. The van der Waals surface area contributed by atoms with Crippen LogP contribution in [0, 0.1) is 0 Å². The van der Waals surface area contributed by atoms with Crippen molar-refractivity contribution in [2.24, 2.45) is 0 Å². The number of para-hydroxylation sites is 2. The number of methoxy groups -OCH3 is 1. The zero-order chi connectivity index (χ0) is 24.9. The standard InChI is InChI=1S/C27H21N5O4/c1-36-19-11-8-17-14-32(24(33)20(17)12-19)15-27(25(34)30-26(35)31-27)18-9-6-16(7-10-18)23-13-28-21-4-2-3-5-22(21)29-23/h2-13H,14-15H2,1H3,(H2,30,31,34,35). The minimum atomic E-state index is -1.42. The summed E-state index contributed by atoms with van der Waals surface area (Å²) >= 11 is 0. The molecule has 1 aromatic heterocycles. The van der Waals surface area contributed by atoms with Gasteiger partial charge < -0.3 is 15.0 Å². The van der Waals surface area contributed by atoms with E-state index in [0.29, 0.717) is 29.1 Å². The highest BCUT2D eigenvalue weighted by atomic mass is 16.5. The van der Waals surface area contributed by atoms with E-state index in [2.05, 4.69) is 20.6 Å². The SMILES string of the molecule is COc1ccc2c(c1)C(=O)N(CC1(c3ccc(-c4cnc5ccccc5n4)cc3)NC(=O)NC1=O)C2. The highest BCUT2D eigenvalue weighted by Gasteiger charge is 2.50. The van der Waals surface area contributed by atoms with Crippen molar-refractivity contribution in [1.29, 1.82) is 0 Å². The van der Waals surface area contributed by atoms with Crippen molar-refractivity contribution in [3.05, 3.63) is 89.6 Å². The van der Waals surface area contributed by atoms with Gasteiger partial charge in [0.15, 0.2) is 5.54 Å². The number of benzene rings is 3. The number of urea groups is 1.